The van der Waals surface area contributed by atoms with E-state index in [2.05, 4.69) is 227 Å². The Morgan fingerprint density at radius 1 is 0.333 bits per heavy atom. The van der Waals surface area contributed by atoms with E-state index in [1.165, 1.54) is 53.0 Å². The normalized spacial score (nSPS) is 13.2. The summed E-state index contributed by atoms with van der Waals surface area (Å²) < 4.78 is 1.09. The summed E-state index contributed by atoms with van der Waals surface area (Å²) in [5, 5.41) is 0. The van der Waals surface area contributed by atoms with E-state index in [-0.39, 0.29) is 0 Å². The van der Waals surface area contributed by atoms with Crippen molar-refractivity contribution in [3.05, 3.63) is 211 Å². The molecule has 1 aliphatic heterocycles. The van der Waals surface area contributed by atoms with Crippen molar-refractivity contribution >= 4 is 43.0 Å². The van der Waals surface area contributed by atoms with Crippen LogP contribution in [0.4, 0.5) is 17.1 Å². The molecule has 9 rings (SSSR count). The number of hydrogen-bond acceptors (Lipinski definition) is 1. The van der Waals surface area contributed by atoms with Crippen LogP contribution >= 0.6 is 26.0 Å². The van der Waals surface area contributed by atoms with Crippen molar-refractivity contribution < 1.29 is 0 Å². The van der Waals surface area contributed by atoms with Crippen molar-refractivity contribution in [1.82, 2.24) is 0 Å². The SMILES string of the molecule is Brc1ccc2c(c1)S(c1ccccc1)(c1ccccc1)c1cc(N(c3ccc(-c4ccccc4)cc3)c3ccc(-c4ccccc4)cc3)ccc1-2. The Kier molecular flexibility index (Phi) is 8.16. The van der Waals surface area contributed by atoms with Crippen LogP contribution in [0.5, 0.6) is 0 Å². The molecule has 0 aromatic heterocycles. The first kappa shape index (κ1) is 31.4. The Labute approximate surface area is 310 Å². The molecule has 0 saturated carbocycles. The maximum Gasteiger partial charge on any atom is 0.0472 e. The van der Waals surface area contributed by atoms with Crippen LogP contribution in [0.1, 0.15) is 0 Å². The Hall–Kier alpha value is -5.61. The minimum Gasteiger partial charge on any atom is -0.310 e. The van der Waals surface area contributed by atoms with Crippen molar-refractivity contribution in [1.29, 1.82) is 0 Å². The number of nitrogens with zero attached hydrogens (tertiary/aromatic N) is 1. The van der Waals surface area contributed by atoms with Crippen LogP contribution in [0.3, 0.4) is 0 Å². The van der Waals surface area contributed by atoms with Crippen LogP contribution in [0.2, 0.25) is 0 Å². The number of halogens is 1. The molecule has 0 bridgehead atoms. The van der Waals surface area contributed by atoms with Crippen molar-refractivity contribution in [2.45, 2.75) is 19.6 Å². The second-order valence-electron chi connectivity index (χ2n) is 12.7. The van der Waals surface area contributed by atoms with Gasteiger partial charge in [-0.2, -0.15) is 0 Å². The minimum absolute atomic E-state index is 1.09. The van der Waals surface area contributed by atoms with Gasteiger partial charge in [0.15, 0.2) is 0 Å². The Balaban J connectivity index is 1.26. The molecule has 1 nitrogen and oxygen atoms in total. The van der Waals surface area contributed by atoms with E-state index in [1.807, 2.05) is 0 Å². The number of rotatable bonds is 7. The maximum atomic E-state index is 3.86. The van der Waals surface area contributed by atoms with Gasteiger partial charge in [-0.25, -0.2) is 0 Å². The number of benzene rings is 8. The van der Waals surface area contributed by atoms with Gasteiger partial charge in [0.1, 0.15) is 0 Å². The highest BCUT2D eigenvalue weighted by atomic mass is 79.9. The minimum atomic E-state index is -1.82. The molecule has 51 heavy (non-hydrogen) atoms. The summed E-state index contributed by atoms with van der Waals surface area (Å²) in [5.41, 5.74) is 10.8. The fourth-order valence-electron chi connectivity index (χ4n) is 7.42. The van der Waals surface area contributed by atoms with Crippen molar-refractivity contribution in [3.63, 3.8) is 0 Å². The lowest BCUT2D eigenvalue weighted by atomic mass is 10.0. The highest BCUT2D eigenvalue weighted by Gasteiger charge is 2.42. The summed E-state index contributed by atoms with van der Waals surface area (Å²) in [7, 11) is -1.82. The summed E-state index contributed by atoms with van der Waals surface area (Å²) in [6.07, 6.45) is 0. The number of fused-ring (bicyclic) bond motifs is 3. The Bertz CT molecular complexity index is 2320. The third-order valence-electron chi connectivity index (χ3n) is 9.78. The summed E-state index contributed by atoms with van der Waals surface area (Å²) in [6, 6.07) is 75.3. The molecule has 8 aromatic rings. The maximum absolute atomic E-state index is 3.86. The van der Waals surface area contributed by atoms with Crippen molar-refractivity contribution in [3.8, 4) is 33.4 Å². The first-order valence-electron chi connectivity index (χ1n) is 17.2. The molecule has 0 amide bonds. The van der Waals surface area contributed by atoms with E-state index in [9.17, 15) is 0 Å². The fraction of sp³-hybridized carbons (Fsp3) is 0. The summed E-state index contributed by atoms with van der Waals surface area (Å²) in [6.45, 7) is 0. The predicted octanol–water partition coefficient (Wildman–Crippen LogP) is 14.6. The molecule has 0 unspecified atom stereocenters. The molecule has 0 N–H and O–H groups in total. The Morgan fingerprint density at radius 3 is 1.18 bits per heavy atom. The van der Waals surface area contributed by atoms with Crippen LogP contribution in [0.25, 0.3) is 33.4 Å². The van der Waals surface area contributed by atoms with E-state index >= 15 is 0 Å². The third-order valence-corrected chi connectivity index (χ3v) is 14.2. The van der Waals surface area contributed by atoms with Gasteiger partial charge in [0.25, 0.3) is 0 Å². The molecular formula is C48H34BrNS. The molecule has 0 atom stereocenters. The molecule has 8 aromatic carbocycles. The van der Waals surface area contributed by atoms with Gasteiger partial charge in [0.05, 0.1) is 0 Å². The Morgan fingerprint density at radius 2 is 0.706 bits per heavy atom. The molecule has 1 aliphatic rings. The summed E-state index contributed by atoms with van der Waals surface area (Å²) in [4.78, 5) is 7.79. The number of anilines is 3. The zero-order valence-electron chi connectivity index (χ0n) is 27.9. The fourth-order valence-corrected chi connectivity index (χ4v) is 12.2. The van der Waals surface area contributed by atoms with Crippen LogP contribution in [-0.4, -0.2) is 0 Å². The van der Waals surface area contributed by atoms with Crippen LogP contribution in [-0.2, 0) is 0 Å². The number of hydrogen-bond donors (Lipinski definition) is 0. The standard InChI is InChI=1S/C48H34BrNS/c49-39-25-31-45-46-32-30-42(34-48(46)51(47(45)33-39,43-17-9-3-10-18-43)44-19-11-4-12-20-44)50(40-26-21-37(22-27-40)35-13-5-1-6-14-35)41-28-23-38(24-29-41)36-15-7-2-8-16-36/h1-34H. The summed E-state index contributed by atoms with van der Waals surface area (Å²) >= 11 is 3.86. The van der Waals surface area contributed by atoms with Crippen LogP contribution < -0.4 is 4.90 Å². The molecule has 3 heteroatoms. The van der Waals surface area contributed by atoms with Gasteiger partial charge >= 0.3 is 0 Å². The topological polar surface area (TPSA) is 3.24 Å². The monoisotopic (exact) mass is 735 g/mol. The quantitative estimate of drug-likeness (QED) is 0.157. The van der Waals surface area contributed by atoms with Gasteiger partial charge in [-0.3, -0.25) is 0 Å². The molecule has 0 radical (unpaired) electrons. The molecule has 0 spiro atoms. The van der Waals surface area contributed by atoms with Gasteiger partial charge in [0.2, 0.25) is 0 Å². The second-order valence-corrected chi connectivity index (χ2v) is 16.7. The highest BCUT2D eigenvalue weighted by Crippen LogP contribution is 2.80. The molecule has 0 saturated heterocycles. The molecular weight excluding hydrogens is 703 g/mol. The molecule has 0 fully saturated rings. The van der Waals surface area contributed by atoms with Gasteiger partial charge < -0.3 is 4.90 Å². The molecule has 244 valence electrons. The molecule has 1 heterocycles. The van der Waals surface area contributed by atoms with E-state index < -0.39 is 10.0 Å². The van der Waals surface area contributed by atoms with Gasteiger partial charge in [0, 0.05) is 41.1 Å². The van der Waals surface area contributed by atoms with E-state index in [1.54, 1.807) is 0 Å². The van der Waals surface area contributed by atoms with Gasteiger partial charge in [-0.15, -0.1) is 10.0 Å². The average molecular weight is 737 g/mol. The highest BCUT2D eigenvalue weighted by molar-refractivity contribution is 9.10. The first-order chi connectivity index (χ1) is 25.2. The lowest BCUT2D eigenvalue weighted by Gasteiger charge is -2.40. The third kappa shape index (κ3) is 5.50. The van der Waals surface area contributed by atoms with Crippen molar-refractivity contribution in [2.75, 3.05) is 4.90 Å². The largest absolute Gasteiger partial charge is 0.310 e. The van der Waals surface area contributed by atoms with E-state index in [0.717, 1.165) is 21.5 Å². The second kappa shape index (κ2) is 13.3. The van der Waals surface area contributed by atoms with Gasteiger partial charge in [-0.1, -0.05) is 149 Å². The zero-order chi connectivity index (χ0) is 34.2. The zero-order valence-corrected chi connectivity index (χ0v) is 30.3. The lowest BCUT2D eigenvalue weighted by molar-refractivity contribution is 1.25. The molecule has 0 aliphatic carbocycles. The van der Waals surface area contributed by atoms with E-state index in [4.69, 9.17) is 0 Å². The van der Waals surface area contributed by atoms with E-state index in [0.29, 0.717) is 0 Å². The first-order valence-corrected chi connectivity index (χ1v) is 19.6. The lowest BCUT2D eigenvalue weighted by Crippen LogP contribution is -2.11. The van der Waals surface area contributed by atoms with Crippen LogP contribution in [0, 0.1) is 0 Å². The average Bonchev–Trinajstić information content (AvgIpc) is 3.49. The predicted molar refractivity (Wildman–Crippen MR) is 219 cm³/mol. The summed E-state index contributed by atoms with van der Waals surface area (Å²) in [5.74, 6) is 0. The van der Waals surface area contributed by atoms with Gasteiger partial charge in [-0.05, 0) is 106 Å². The van der Waals surface area contributed by atoms with Crippen LogP contribution in [0.15, 0.2) is 230 Å². The van der Waals surface area contributed by atoms with Crippen molar-refractivity contribution in [2.24, 2.45) is 0 Å². The smallest absolute Gasteiger partial charge is 0.0472 e.